The van der Waals surface area contributed by atoms with Crippen molar-refractivity contribution in [3.63, 3.8) is 0 Å². The molecule has 2 saturated heterocycles. The van der Waals surface area contributed by atoms with Crippen molar-refractivity contribution in [1.29, 1.82) is 0 Å². The second-order valence-corrected chi connectivity index (χ2v) is 5.06. The van der Waals surface area contributed by atoms with Gasteiger partial charge in [0.15, 0.2) is 6.10 Å². The molecule has 2 atom stereocenters. The van der Waals surface area contributed by atoms with E-state index in [1.165, 1.54) is 32.1 Å². The van der Waals surface area contributed by atoms with E-state index >= 15 is 0 Å². The number of rotatable bonds is 1. The predicted molar refractivity (Wildman–Crippen MR) is 63.2 cm³/mol. The first-order valence-electron chi connectivity index (χ1n) is 6.73. The van der Waals surface area contributed by atoms with Crippen molar-refractivity contribution < 1.29 is 9.53 Å². The Kier molecular flexibility index (Phi) is 4.22. The Morgan fingerprint density at radius 2 is 1.44 bits per heavy atom. The molecule has 0 aromatic rings. The fourth-order valence-corrected chi connectivity index (χ4v) is 2.45. The first-order chi connectivity index (χ1) is 7.79. The van der Waals surface area contributed by atoms with Gasteiger partial charge in [0.05, 0.1) is 6.10 Å². The maximum absolute atomic E-state index is 12.0. The highest BCUT2D eigenvalue weighted by Crippen LogP contribution is 2.24. The number of carbonyl (C=O) groups is 1. The van der Waals surface area contributed by atoms with Crippen LogP contribution in [-0.4, -0.2) is 36.1 Å². The first-order valence-corrected chi connectivity index (χ1v) is 6.73. The second-order valence-electron chi connectivity index (χ2n) is 5.06. The zero-order valence-corrected chi connectivity index (χ0v) is 10.3. The molecule has 0 radical (unpaired) electrons. The zero-order chi connectivity index (χ0) is 11.4. The van der Waals surface area contributed by atoms with E-state index in [-0.39, 0.29) is 18.1 Å². The van der Waals surface area contributed by atoms with Gasteiger partial charge in [0, 0.05) is 13.1 Å². The Bertz CT molecular complexity index is 232. The Morgan fingerprint density at radius 3 is 1.88 bits per heavy atom. The van der Waals surface area contributed by atoms with Gasteiger partial charge in [0.1, 0.15) is 0 Å². The number of hydrogen-bond acceptors (Lipinski definition) is 2. The molecule has 16 heavy (non-hydrogen) atoms. The molecular formula is C13H23NO2. The van der Waals surface area contributed by atoms with Crippen LogP contribution in [0.3, 0.4) is 0 Å². The molecule has 3 heteroatoms. The lowest BCUT2D eigenvalue weighted by Crippen LogP contribution is -2.36. The van der Waals surface area contributed by atoms with E-state index in [0.717, 1.165) is 25.9 Å². The van der Waals surface area contributed by atoms with Crippen LogP contribution in [0.5, 0.6) is 0 Å². The highest BCUT2D eigenvalue weighted by Gasteiger charge is 2.43. The summed E-state index contributed by atoms with van der Waals surface area (Å²) >= 11 is 0. The van der Waals surface area contributed by atoms with Crippen molar-refractivity contribution in [2.24, 2.45) is 0 Å². The maximum atomic E-state index is 12.0. The van der Waals surface area contributed by atoms with E-state index < -0.39 is 0 Å². The van der Waals surface area contributed by atoms with E-state index in [1.54, 1.807) is 0 Å². The van der Waals surface area contributed by atoms with Crippen molar-refractivity contribution >= 4 is 5.91 Å². The summed E-state index contributed by atoms with van der Waals surface area (Å²) in [5, 5.41) is 0. The molecule has 0 spiro atoms. The van der Waals surface area contributed by atoms with Crippen LogP contribution in [0.1, 0.15) is 51.9 Å². The molecule has 2 aliphatic heterocycles. The SMILES string of the molecule is C[C@@H]1O[C@H]1C(=O)N1CCCCCCCCC1. The van der Waals surface area contributed by atoms with Gasteiger partial charge in [-0.05, 0) is 19.8 Å². The van der Waals surface area contributed by atoms with Crippen molar-refractivity contribution in [2.75, 3.05) is 13.1 Å². The summed E-state index contributed by atoms with van der Waals surface area (Å²) in [5.41, 5.74) is 0. The van der Waals surface area contributed by atoms with E-state index in [2.05, 4.69) is 0 Å². The molecule has 0 aromatic carbocycles. The summed E-state index contributed by atoms with van der Waals surface area (Å²) in [6.45, 7) is 3.85. The van der Waals surface area contributed by atoms with Gasteiger partial charge < -0.3 is 9.64 Å². The quantitative estimate of drug-likeness (QED) is 0.642. The third kappa shape index (κ3) is 3.21. The van der Waals surface area contributed by atoms with Gasteiger partial charge in [-0.15, -0.1) is 0 Å². The van der Waals surface area contributed by atoms with Crippen LogP contribution >= 0.6 is 0 Å². The van der Waals surface area contributed by atoms with Gasteiger partial charge >= 0.3 is 0 Å². The number of epoxide rings is 1. The fourth-order valence-electron chi connectivity index (χ4n) is 2.45. The van der Waals surface area contributed by atoms with Crippen LogP contribution in [0.4, 0.5) is 0 Å². The minimum absolute atomic E-state index is 0.122. The standard InChI is InChI=1S/C13H23NO2/c1-11-12(16-11)13(15)14-9-7-5-3-2-4-6-8-10-14/h11-12H,2-10H2,1H3/t11-,12+/m0/s1. The molecular weight excluding hydrogens is 202 g/mol. The molecule has 2 fully saturated rings. The molecule has 0 aliphatic carbocycles. The average molecular weight is 225 g/mol. The van der Waals surface area contributed by atoms with Gasteiger partial charge in [0.25, 0.3) is 5.91 Å². The predicted octanol–water partition coefficient (Wildman–Crippen LogP) is 2.35. The molecule has 2 heterocycles. The molecule has 92 valence electrons. The van der Waals surface area contributed by atoms with Gasteiger partial charge in [0.2, 0.25) is 0 Å². The van der Waals surface area contributed by atoms with E-state index in [0.29, 0.717) is 0 Å². The average Bonchev–Trinajstić information content (AvgIpc) is 3.02. The van der Waals surface area contributed by atoms with E-state index in [1.807, 2.05) is 11.8 Å². The van der Waals surface area contributed by atoms with Crippen molar-refractivity contribution in [1.82, 2.24) is 4.90 Å². The number of amides is 1. The van der Waals surface area contributed by atoms with Gasteiger partial charge in [-0.2, -0.15) is 0 Å². The normalized spacial score (nSPS) is 32.2. The molecule has 1 amide bonds. The number of carbonyl (C=O) groups excluding carboxylic acids is 1. The molecule has 0 bridgehead atoms. The second kappa shape index (κ2) is 5.67. The molecule has 2 aliphatic rings. The third-order valence-corrected chi connectivity index (χ3v) is 3.62. The molecule has 0 unspecified atom stereocenters. The Labute approximate surface area is 98.1 Å². The lowest BCUT2D eigenvalue weighted by Gasteiger charge is -2.23. The number of nitrogens with zero attached hydrogens (tertiary/aromatic N) is 1. The zero-order valence-electron chi connectivity index (χ0n) is 10.3. The maximum Gasteiger partial charge on any atom is 0.254 e. The fraction of sp³-hybridized carbons (Fsp3) is 0.923. The summed E-state index contributed by atoms with van der Waals surface area (Å²) in [6.07, 6.45) is 8.92. The third-order valence-electron chi connectivity index (χ3n) is 3.62. The molecule has 0 saturated carbocycles. The molecule has 0 aromatic heterocycles. The Balaban J connectivity index is 1.82. The van der Waals surface area contributed by atoms with Crippen molar-refractivity contribution in [2.45, 2.75) is 64.1 Å². The summed E-state index contributed by atoms with van der Waals surface area (Å²) in [5.74, 6) is 0.230. The summed E-state index contributed by atoms with van der Waals surface area (Å²) in [6, 6.07) is 0. The highest BCUT2D eigenvalue weighted by atomic mass is 16.6. The van der Waals surface area contributed by atoms with Gasteiger partial charge in [-0.1, -0.05) is 32.1 Å². The molecule has 2 rings (SSSR count). The monoisotopic (exact) mass is 225 g/mol. The van der Waals surface area contributed by atoms with E-state index in [4.69, 9.17) is 4.74 Å². The minimum atomic E-state index is -0.122. The largest absolute Gasteiger partial charge is 0.359 e. The van der Waals surface area contributed by atoms with E-state index in [9.17, 15) is 4.79 Å². The van der Waals surface area contributed by atoms with Gasteiger partial charge in [-0.3, -0.25) is 4.79 Å². The number of hydrogen-bond donors (Lipinski definition) is 0. The van der Waals surface area contributed by atoms with Crippen LogP contribution in [0.15, 0.2) is 0 Å². The smallest absolute Gasteiger partial charge is 0.254 e. The topological polar surface area (TPSA) is 32.8 Å². The Hall–Kier alpha value is -0.570. The minimum Gasteiger partial charge on any atom is -0.359 e. The highest BCUT2D eigenvalue weighted by molar-refractivity contribution is 5.83. The summed E-state index contributed by atoms with van der Waals surface area (Å²) in [4.78, 5) is 14.1. The summed E-state index contributed by atoms with van der Waals surface area (Å²) in [7, 11) is 0. The van der Waals surface area contributed by atoms with Crippen LogP contribution in [0.25, 0.3) is 0 Å². The summed E-state index contributed by atoms with van der Waals surface area (Å²) < 4.78 is 5.27. The van der Waals surface area contributed by atoms with Crippen LogP contribution in [0, 0.1) is 0 Å². The lowest BCUT2D eigenvalue weighted by atomic mass is 10.1. The van der Waals surface area contributed by atoms with Crippen molar-refractivity contribution in [3.8, 4) is 0 Å². The van der Waals surface area contributed by atoms with Crippen LogP contribution in [0.2, 0.25) is 0 Å². The van der Waals surface area contributed by atoms with Crippen LogP contribution in [-0.2, 0) is 9.53 Å². The van der Waals surface area contributed by atoms with Crippen LogP contribution < -0.4 is 0 Å². The van der Waals surface area contributed by atoms with Gasteiger partial charge in [-0.25, -0.2) is 0 Å². The van der Waals surface area contributed by atoms with Crippen molar-refractivity contribution in [3.05, 3.63) is 0 Å². The molecule has 0 N–H and O–H groups in total. The number of ether oxygens (including phenoxy) is 1. The molecule has 3 nitrogen and oxygen atoms in total. The first kappa shape index (κ1) is 11.9. The lowest BCUT2D eigenvalue weighted by molar-refractivity contribution is -0.132. The Morgan fingerprint density at radius 1 is 1.00 bits per heavy atom.